The molecule has 1 aliphatic rings. The molecule has 7 heteroatoms. The van der Waals surface area contributed by atoms with Crippen molar-refractivity contribution in [1.29, 1.82) is 0 Å². The molecule has 3 rings (SSSR count). The molecule has 1 aliphatic heterocycles. The topological polar surface area (TPSA) is 61.1 Å². The van der Waals surface area contributed by atoms with Crippen LogP contribution in [0.1, 0.15) is 16.8 Å². The molecule has 1 aromatic heterocycles. The normalized spacial score (nSPS) is 14.6. The van der Waals surface area contributed by atoms with Crippen LogP contribution in [0.2, 0.25) is 0 Å². The number of aromatic nitrogens is 2. The Labute approximate surface area is 131 Å². The van der Waals surface area contributed by atoms with Crippen molar-refractivity contribution in [2.24, 2.45) is 0 Å². The summed E-state index contributed by atoms with van der Waals surface area (Å²) in [5.41, 5.74) is 1.92. The highest BCUT2D eigenvalue weighted by Crippen LogP contribution is 2.25. The number of hydrogen-bond donors (Lipinski definition) is 2. The fourth-order valence-corrected chi connectivity index (χ4v) is 2.99. The fraction of sp³-hybridized carbons (Fsp3) is 0.333. The number of ether oxygens (including phenoxy) is 1. The van der Waals surface area contributed by atoms with Gasteiger partial charge < -0.3 is 9.72 Å². The van der Waals surface area contributed by atoms with Crippen LogP contribution in [0.25, 0.3) is 0 Å². The average Bonchev–Trinajstić information content (AvgIpc) is 2.48. The molecule has 0 aliphatic carbocycles. The lowest BCUT2D eigenvalue weighted by molar-refractivity contribution is 0.233. The van der Waals surface area contributed by atoms with Crippen molar-refractivity contribution in [2.75, 3.05) is 13.7 Å². The van der Waals surface area contributed by atoms with Crippen molar-refractivity contribution in [2.45, 2.75) is 19.5 Å². The van der Waals surface area contributed by atoms with Gasteiger partial charge in [-0.3, -0.25) is 14.7 Å². The van der Waals surface area contributed by atoms with Crippen LogP contribution in [-0.4, -0.2) is 28.5 Å². The van der Waals surface area contributed by atoms with Gasteiger partial charge in [-0.15, -0.1) is 0 Å². The van der Waals surface area contributed by atoms with Gasteiger partial charge in [0.2, 0.25) is 0 Å². The Morgan fingerprint density at radius 2 is 2.23 bits per heavy atom. The Morgan fingerprint density at radius 3 is 3.00 bits per heavy atom. The van der Waals surface area contributed by atoms with Crippen molar-refractivity contribution < 1.29 is 9.13 Å². The second-order valence-corrected chi connectivity index (χ2v) is 5.65. The molecule has 1 aromatic carbocycles. The van der Waals surface area contributed by atoms with Crippen LogP contribution in [0.4, 0.5) is 4.39 Å². The number of benzene rings is 1. The Kier molecular flexibility index (Phi) is 4.08. The van der Waals surface area contributed by atoms with Gasteiger partial charge in [0, 0.05) is 36.5 Å². The highest BCUT2D eigenvalue weighted by atomic mass is 32.1. The third kappa shape index (κ3) is 2.82. The largest absolute Gasteiger partial charge is 0.496 e. The third-order valence-electron chi connectivity index (χ3n) is 3.87. The Hall–Kier alpha value is -1.99. The van der Waals surface area contributed by atoms with E-state index in [9.17, 15) is 9.18 Å². The summed E-state index contributed by atoms with van der Waals surface area (Å²) in [7, 11) is 1.53. The summed E-state index contributed by atoms with van der Waals surface area (Å²) >= 11 is 5.00. The molecular formula is C15H16FN3O2S. The molecule has 2 heterocycles. The van der Waals surface area contributed by atoms with Crippen LogP contribution in [0, 0.1) is 10.6 Å². The molecule has 0 amide bonds. The van der Waals surface area contributed by atoms with Gasteiger partial charge in [0.15, 0.2) is 4.77 Å². The lowest BCUT2D eigenvalue weighted by Gasteiger charge is -2.28. The molecule has 22 heavy (non-hydrogen) atoms. The maximum absolute atomic E-state index is 14.0. The van der Waals surface area contributed by atoms with Gasteiger partial charge in [0.25, 0.3) is 5.56 Å². The van der Waals surface area contributed by atoms with Crippen LogP contribution >= 0.6 is 12.2 Å². The van der Waals surface area contributed by atoms with Gasteiger partial charge >= 0.3 is 0 Å². The molecule has 5 nitrogen and oxygen atoms in total. The summed E-state index contributed by atoms with van der Waals surface area (Å²) in [6, 6.07) is 4.79. The number of fused-ring (bicyclic) bond motifs is 1. The molecule has 0 spiro atoms. The first-order valence-corrected chi connectivity index (χ1v) is 7.37. The quantitative estimate of drug-likeness (QED) is 0.850. The molecular weight excluding hydrogens is 305 g/mol. The lowest BCUT2D eigenvalue weighted by atomic mass is 10.1. The van der Waals surface area contributed by atoms with E-state index in [2.05, 4.69) is 14.9 Å². The van der Waals surface area contributed by atoms with E-state index >= 15 is 0 Å². The van der Waals surface area contributed by atoms with Crippen molar-refractivity contribution in [1.82, 2.24) is 14.9 Å². The summed E-state index contributed by atoms with van der Waals surface area (Å²) in [5.74, 6) is 0.244. The minimum Gasteiger partial charge on any atom is -0.496 e. The van der Waals surface area contributed by atoms with Gasteiger partial charge in [0.1, 0.15) is 11.6 Å². The zero-order valence-corrected chi connectivity index (χ0v) is 12.9. The minimum atomic E-state index is -0.288. The van der Waals surface area contributed by atoms with Crippen molar-refractivity contribution in [3.05, 3.63) is 56.0 Å². The zero-order chi connectivity index (χ0) is 15.7. The van der Waals surface area contributed by atoms with Crippen molar-refractivity contribution in [3.8, 4) is 5.75 Å². The fourth-order valence-electron chi connectivity index (χ4n) is 2.77. The molecule has 0 radical (unpaired) electrons. The first-order valence-electron chi connectivity index (χ1n) is 6.96. The Bertz CT molecular complexity index is 815. The summed E-state index contributed by atoms with van der Waals surface area (Å²) in [5, 5.41) is 0. The van der Waals surface area contributed by atoms with Crippen molar-refractivity contribution in [3.63, 3.8) is 0 Å². The predicted octanol–water partition coefficient (Wildman–Crippen LogP) is 2.14. The number of H-pyrrole nitrogens is 2. The highest BCUT2D eigenvalue weighted by Gasteiger charge is 2.21. The number of aromatic amines is 2. The summed E-state index contributed by atoms with van der Waals surface area (Å²) < 4.78 is 19.6. The second-order valence-electron chi connectivity index (χ2n) is 5.25. The number of rotatable bonds is 3. The van der Waals surface area contributed by atoms with E-state index in [0.717, 1.165) is 11.3 Å². The molecule has 0 saturated carbocycles. The van der Waals surface area contributed by atoms with E-state index in [1.807, 2.05) is 0 Å². The van der Waals surface area contributed by atoms with E-state index in [1.54, 1.807) is 12.1 Å². The molecule has 2 aromatic rings. The van der Waals surface area contributed by atoms with E-state index in [-0.39, 0.29) is 11.4 Å². The van der Waals surface area contributed by atoms with Crippen LogP contribution in [-0.2, 0) is 19.5 Å². The number of halogens is 1. The van der Waals surface area contributed by atoms with Crippen molar-refractivity contribution >= 4 is 12.2 Å². The summed E-state index contributed by atoms with van der Waals surface area (Å²) in [6.45, 7) is 1.63. The molecule has 116 valence electrons. The Morgan fingerprint density at radius 1 is 1.41 bits per heavy atom. The molecule has 0 unspecified atom stereocenters. The van der Waals surface area contributed by atoms with Crippen LogP contribution in [0.15, 0.2) is 23.0 Å². The molecule has 2 N–H and O–H groups in total. The SMILES string of the molecule is COc1cccc(F)c1CN1CCc2c([nH]c(=S)[nH]c2=O)C1. The first kappa shape index (κ1) is 14.9. The average molecular weight is 321 g/mol. The van der Waals surface area contributed by atoms with E-state index < -0.39 is 0 Å². The van der Waals surface area contributed by atoms with Crippen LogP contribution in [0.3, 0.4) is 0 Å². The molecule has 0 fully saturated rings. The molecule has 0 saturated heterocycles. The predicted molar refractivity (Wildman–Crippen MR) is 83.0 cm³/mol. The van der Waals surface area contributed by atoms with Gasteiger partial charge in [-0.2, -0.15) is 0 Å². The number of nitrogens with zero attached hydrogens (tertiary/aromatic N) is 1. The van der Waals surface area contributed by atoms with E-state index in [4.69, 9.17) is 17.0 Å². The van der Waals surface area contributed by atoms with E-state index in [0.29, 0.717) is 42.1 Å². The van der Waals surface area contributed by atoms with Gasteiger partial charge in [0.05, 0.1) is 7.11 Å². The molecule has 0 bridgehead atoms. The van der Waals surface area contributed by atoms with Gasteiger partial charge in [-0.25, -0.2) is 4.39 Å². The summed E-state index contributed by atoms with van der Waals surface area (Å²) in [4.78, 5) is 19.5. The summed E-state index contributed by atoms with van der Waals surface area (Å²) in [6.07, 6.45) is 0.605. The number of methoxy groups -OCH3 is 1. The maximum atomic E-state index is 14.0. The van der Waals surface area contributed by atoms with Crippen LogP contribution in [0.5, 0.6) is 5.75 Å². The zero-order valence-electron chi connectivity index (χ0n) is 12.1. The standard InChI is InChI=1S/C15H16FN3O2S/c1-21-13-4-2-3-11(16)10(13)7-19-6-5-9-12(8-19)17-15(22)18-14(9)20/h2-4H,5-8H2,1H3,(H2,17,18,20,22). The number of hydrogen-bond acceptors (Lipinski definition) is 4. The lowest BCUT2D eigenvalue weighted by Crippen LogP contribution is -2.35. The smallest absolute Gasteiger partial charge is 0.255 e. The third-order valence-corrected chi connectivity index (χ3v) is 4.07. The monoisotopic (exact) mass is 321 g/mol. The van der Waals surface area contributed by atoms with Gasteiger partial charge in [-0.1, -0.05) is 6.07 Å². The Balaban J connectivity index is 1.87. The van der Waals surface area contributed by atoms with Crippen LogP contribution < -0.4 is 10.3 Å². The van der Waals surface area contributed by atoms with Gasteiger partial charge in [-0.05, 0) is 30.8 Å². The highest BCUT2D eigenvalue weighted by molar-refractivity contribution is 7.71. The second kappa shape index (κ2) is 6.02. The molecule has 0 atom stereocenters. The number of nitrogens with one attached hydrogen (secondary N) is 2. The maximum Gasteiger partial charge on any atom is 0.255 e. The minimum absolute atomic E-state index is 0.137. The first-order chi connectivity index (χ1) is 10.6. The van der Waals surface area contributed by atoms with E-state index in [1.165, 1.54) is 13.2 Å².